The van der Waals surface area contributed by atoms with Gasteiger partial charge in [0.15, 0.2) is 0 Å². The zero-order valence-electron chi connectivity index (χ0n) is 8.57. The van der Waals surface area contributed by atoms with E-state index in [0.717, 1.165) is 12.1 Å². The van der Waals surface area contributed by atoms with Gasteiger partial charge in [-0.1, -0.05) is 25.4 Å². The van der Waals surface area contributed by atoms with Crippen LogP contribution in [0.5, 0.6) is 0 Å². The van der Waals surface area contributed by atoms with Crippen LogP contribution in [0.3, 0.4) is 0 Å². The van der Waals surface area contributed by atoms with Gasteiger partial charge in [-0.05, 0) is 24.0 Å². The Morgan fingerprint density at radius 2 is 1.73 bits per heavy atom. The Bertz CT molecular complexity index is 431. The number of hydrogen-bond acceptors (Lipinski definition) is 1. The summed E-state index contributed by atoms with van der Waals surface area (Å²) >= 11 is 5.76. The van der Waals surface area contributed by atoms with E-state index < -0.39 is 17.2 Å². The van der Waals surface area contributed by atoms with Gasteiger partial charge >= 0.3 is 0 Å². The molecule has 2 N–H and O–H groups in total. The molecule has 0 aliphatic heterocycles. The fourth-order valence-corrected chi connectivity index (χ4v) is 2.34. The van der Waals surface area contributed by atoms with E-state index in [1.165, 1.54) is 0 Å². The van der Waals surface area contributed by atoms with E-state index in [0.29, 0.717) is 6.42 Å². The van der Waals surface area contributed by atoms with Crippen molar-refractivity contribution in [3.63, 3.8) is 0 Å². The SMILES string of the molecule is CC1(C)CC1(N)c1c(F)ccc(F)c1Cl. The van der Waals surface area contributed by atoms with E-state index in [4.69, 9.17) is 17.3 Å². The van der Waals surface area contributed by atoms with Crippen molar-refractivity contribution in [2.75, 3.05) is 0 Å². The molecule has 0 spiro atoms. The normalized spacial score (nSPS) is 27.9. The molecule has 2 rings (SSSR count). The molecule has 0 saturated heterocycles. The summed E-state index contributed by atoms with van der Waals surface area (Å²) in [5.41, 5.74) is 5.06. The molecule has 1 aliphatic carbocycles. The van der Waals surface area contributed by atoms with E-state index >= 15 is 0 Å². The van der Waals surface area contributed by atoms with Crippen LogP contribution in [-0.2, 0) is 5.54 Å². The molecule has 0 aromatic heterocycles. The van der Waals surface area contributed by atoms with Gasteiger partial charge in [-0.25, -0.2) is 8.78 Å². The summed E-state index contributed by atoms with van der Waals surface area (Å²) in [6.45, 7) is 3.82. The highest BCUT2D eigenvalue weighted by Gasteiger charge is 2.61. The molecule has 0 amide bonds. The Morgan fingerprint density at radius 1 is 1.27 bits per heavy atom. The maximum Gasteiger partial charge on any atom is 0.142 e. The van der Waals surface area contributed by atoms with Crippen molar-refractivity contribution in [2.45, 2.75) is 25.8 Å². The molecular weight excluding hydrogens is 220 g/mol. The van der Waals surface area contributed by atoms with Crippen LogP contribution in [0.4, 0.5) is 8.78 Å². The molecular formula is C11H12ClF2N. The molecule has 1 saturated carbocycles. The van der Waals surface area contributed by atoms with Crippen LogP contribution in [0.2, 0.25) is 5.02 Å². The van der Waals surface area contributed by atoms with Gasteiger partial charge in [-0.15, -0.1) is 0 Å². The third-order valence-electron chi connectivity index (χ3n) is 3.29. The third kappa shape index (κ3) is 1.37. The molecule has 1 aliphatic rings. The summed E-state index contributed by atoms with van der Waals surface area (Å²) in [5.74, 6) is -1.16. The summed E-state index contributed by atoms with van der Waals surface area (Å²) < 4.78 is 26.8. The lowest BCUT2D eigenvalue weighted by molar-refractivity contribution is 0.478. The smallest absolute Gasteiger partial charge is 0.142 e. The van der Waals surface area contributed by atoms with Gasteiger partial charge in [0.05, 0.1) is 10.6 Å². The molecule has 0 radical (unpaired) electrons. The summed E-state index contributed by atoms with van der Waals surface area (Å²) in [6.07, 6.45) is 0.611. The molecule has 1 nitrogen and oxygen atoms in total. The molecule has 1 fully saturated rings. The fraction of sp³-hybridized carbons (Fsp3) is 0.455. The molecule has 15 heavy (non-hydrogen) atoms. The van der Waals surface area contributed by atoms with Gasteiger partial charge in [0.2, 0.25) is 0 Å². The average Bonchev–Trinajstić information content (AvgIpc) is 2.60. The maximum absolute atomic E-state index is 13.6. The first kappa shape index (κ1) is 10.8. The molecule has 82 valence electrons. The van der Waals surface area contributed by atoms with E-state index in [1.54, 1.807) is 0 Å². The standard InChI is InChI=1S/C11H12ClF2N/c1-10(2)5-11(10,15)8-6(13)3-4-7(14)9(8)12/h3-4H,5,15H2,1-2H3. The largest absolute Gasteiger partial charge is 0.321 e. The van der Waals surface area contributed by atoms with Gasteiger partial charge in [0.1, 0.15) is 11.6 Å². The number of hydrogen-bond donors (Lipinski definition) is 1. The maximum atomic E-state index is 13.6. The van der Waals surface area contributed by atoms with Crippen LogP contribution in [0, 0.1) is 17.0 Å². The zero-order valence-corrected chi connectivity index (χ0v) is 9.33. The van der Waals surface area contributed by atoms with Crippen molar-refractivity contribution < 1.29 is 8.78 Å². The summed E-state index contributed by atoms with van der Waals surface area (Å²) in [4.78, 5) is 0. The lowest BCUT2D eigenvalue weighted by Crippen LogP contribution is -2.27. The van der Waals surface area contributed by atoms with Gasteiger partial charge in [-0.2, -0.15) is 0 Å². The van der Waals surface area contributed by atoms with Gasteiger partial charge in [-0.3, -0.25) is 0 Å². The lowest BCUT2D eigenvalue weighted by Gasteiger charge is -2.18. The van der Waals surface area contributed by atoms with E-state index in [-0.39, 0.29) is 16.0 Å². The second-order valence-corrected chi connectivity index (χ2v) is 5.13. The van der Waals surface area contributed by atoms with Crippen molar-refractivity contribution in [1.82, 2.24) is 0 Å². The van der Waals surface area contributed by atoms with Gasteiger partial charge in [0.25, 0.3) is 0 Å². The first-order valence-electron chi connectivity index (χ1n) is 4.72. The molecule has 1 aromatic rings. The lowest BCUT2D eigenvalue weighted by atomic mass is 9.96. The average molecular weight is 232 g/mol. The Hall–Kier alpha value is -0.670. The minimum absolute atomic E-state index is 0.106. The van der Waals surface area contributed by atoms with E-state index in [9.17, 15) is 8.78 Å². The van der Waals surface area contributed by atoms with Crippen LogP contribution in [0.1, 0.15) is 25.8 Å². The highest BCUT2D eigenvalue weighted by atomic mass is 35.5. The second-order valence-electron chi connectivity index (χ2n) is 4.75. The van der Waals surface area contributed by atoms with Gasteiger partial charge in [0, 0.05) is 5.56 Å². The Morgan fingerprint density at radius 3 is 2.20 bits per heavy atom. The third-order valence-corrected chi connectivity index (χ3v) is 3.66. The molecule has 0 heterocycles. The van der Waals surface area contributed by atoms with Crippen LogP contribution >= 0.6 is 11.6 Å². The molecule has 0 bridgehead atoms. The summed E-state index contributed by atoms with van der Waals surface area (Å²) in [5, 5.41) is -0.192. The van der Waals surface area contributed by atoms with Crippen molar-refractivity contribution in [3.05, 3.63) is 34.4 Å². The topological polar surface area (TPSA) is 26.0 Å². The van der Waals surface area contributed by atoms with Crippen molar-refractivity contribution in [3.8, 4) is 0 Å². The number of nitrogens with two attached hydrogens (primary N) is 1. The fourth-order valence-electron chi connectivity index (χ4n) is 2.02. The Kier molecular flexibility index (Phi) is 2.11. The summed E-state index contributed by atoms with van der Waals surface area (Å²) in [7, 11) is 0. The number of rotatable bonds is 1. The highest BCUT2D eigenvalue weighted by Crippen LogP contribution is 2.62. The highest BCUT2D eigenvalue weighted by molar-refractivity contribution is 6.31. The molecule has 1 unspecified atom stereocenters. The van der Waals surface area contributed by atoms with Crippen LogP contribution in [-0.4, -0.2) is 0 Å². The van der Waals surface area contributed by atoms with Crippen LogP contribution < -0.4 is 5.73 Å². The second kappa shape index (κ2) is 2.92. The van der Waals surface area contributed by atoms with Crippen LogP contribution in [0.15, 0.2) is 12.1 Å². The van der Waals surface area contributed by atoms with E-state index in [1.807, 2.05) is 13.8 Å². The monoisotopic (exact) mass is 231 g/mol. The predicted octanol–water partition coefficient (Wildman–Crippen LogP) is 3.20. The first-order chi connectivity index (χ1) is 6.79. The minimum Gasteiger partial charge on any atom is -0.321 e. The quantitative estimate of drug-likeness (QED) is 0.738. The predicted molar refractivity (Wildman–Crippen MR) is 55.6 cm³/mol. The molecule has 1 atom stereocenters. The summed E-state index contributed by atoms with van der Waals surface area (Å²) in [6, 6.07) is 2.08. The van der Waals surface area contributed by atoms with Crippen molar-refractivity contribution in [1.29, 1.82) is 0 Å². The number of halogens is 3. The van der Waals surface area contributed by atoms with Crippen molar-refractivity contribution >= 4 is 11.6 Å². The Labute approximate surface area is 92.2 Å². The number of benzene rings is 1. The minimum atomic E-state index is -0.837. The molecule has 1 aromatic carbocycles. The Balaban J connectivity index is 2.60. The zero-order chi connectivity index (χ0) is 11.4. The van der Waals surface area contributed by atoms with Gasteiger partial charge < -0.3 is 5.73 Å². The first-order valence-corrected chi connectivity index (χ1v) is 5.10. The van der Waals surface area contributed by atoms with Crippen molar-refractivity contribution in [2.24, 2.45) is 11.1 Å². The molecule has 4 heteroatoms. The van der Waals surface area contributed by atoms with Crippen LogP contribution in [0.25, 0.3) is 0 Å². The van der Waals surface area contributed by atoms with E-state index in [2.05, 4.69) is 0 Å².